The number of carboxylic acids is 1. The van der Waals surface area contributed by atoms with Gasteiger partial charge in [0.2, 0.25) is 5.91 Å². The number of carboxylic acid groups (broad SMARTS) is 1. The van der Waals surface area contributed by atoms with Gasteiger partial charge in [0.05, 0.1) is 16.6 Å². The number of hydrogen-bond acceptors (Lipinski definition) is 3. The summed E-state index contributed by atoms with van der Waals surface area (Å²) in [5, 5.41) is 11.8. The summed E-state index contributed by atoms with van der Waals surface area (Å²) in [6.07, 6.45) is 0. The Bertz CT molecular complexity index is 495. The Labute approximate surface area is 127 Å². The van der Waals surface area contributed by atoms with Crippen LogP contribution in [0.5, 0.6) is 0 Å². The Hall–Kier alpha value is -1.30. The van der Waals surface area contributed by atoms with Gasteiger partial charge < -0.3 is 10.4 Å². The van der Waals surface area contributed by atoms with E-state index in [1.54, 1.807) is 12.1 Å². The molecule has 7 heteroatoms. The fraction of sp³-hybridized carbons (Fsp3) is 0.385. The first-order chi connectivity index (χ1) is 9.42. The number of likely N-dealkylation sites (N-methyl/N-ethyl adjacent to an activating group) is 1. The Morgan fingerprint density at radius 2 is 2.00 bits per heavy atom. The van der Waals surface area contributed by atoms with Crippen LogP contribution in [-0.2, 0) is 16.1 Å². The topological polar surface area (TPSA) is 69.6 Å². The van der Waals surface area contributed by atoms with Crippen molar-refractivity contribution < 1.29 is 14.7 Å². The van der Waals surface area contributed by atoms with Crippen molar-refractivity contribution in [1.29, 1.82) is 0 Å². The second-order valence-electron chi connectivity index (χ2n) is 4.22. The van der Waals surface area contributed by atoms with Crippen LogP contribution in [0.15, 0.2) is 18.2 Å². The van der Waals surface area contributed by atoms with E-state index in [0.717, 1.165) is 5.56 Å². The van der Waals surface area contributed by atoms with Gasteiger partial charge in [-0.25, -0.2) is 0 Å². The predicted octanol–water partition coefficient (Wildman–Crippen LogP) is 2.02. The number of halogens is 2. The molecule has 0 fully saturated rings. The summed E-state index contributed by atoms with van der Waals surface area (Å²) in [7, 11) is 0. The molecule has 0 saturated heterocycles. The zero-order valence-corrected chi connectivity index (χ0v) is 12.5. The van der Waals surface area contributed by atoms with Crippen LogP contribution in [0, 0.1) is 0 Å². The molecule has 0 radical (unpaired) electrons. The monoisotopic (exact) mass is 318 g/mol. The van der Waals surface area contributed by atoms with Crippen molar-refractivity contribution in [3.63, 3.8) is 0 Å². The molecule has 0 saturated carbocycles. The van der Waals surface area contributed by atoms with Gasteiger partial charge in [0.25, 0.3) is 0 Å². The summed E-state index contributed by atoms with van der Waals surface area (Å²) in [6.45, 7) is 2.86. The van der Waals surface area contributed by atoms with Gasteiger partial charge in [0, 0.05) is 6.54 Å². The lowest BCUT2D eigenvalue weighted by Gasteiger charge is -2.20. The van der Waals surface area contributed by atoms with Gasteiger partial charge in [-0.05, 0) is 24.2 Å². The van der Waals surface area contributed by atoms with Gasteiger partial charge in [-0.3, -0.25) is 14.5 Å². The van der Waals surface area contributed by atoms with Crippen LogP contribution < -0.4 is 5.32 Å². The number of rotatable bonds is 7. The maximum atomic E-state index is 11.6. The lowest BCUT2D eigenvalue weighted by molar-refractivity contribution is -0.138. The van der Waals surface area contributed by atoms with Gasteiger partial charge in [-0.2, -0.15) is 0 Å². The van der Waals surface area contributed by atoms with E-state index in [1.165, 1.54) is 0 Å². The zero-order chi connectivity index (χ0) is 15.1. The first-order valence-corrected chi connectivity index (χ1v) is 6.82. The highest BCUT2D eigenvalue weighted by Gasteiger charge is 2.11. The molecule has 0 heterocycles. The van der Waals surface area contributed by atoms with E-state index in [2.05, 4.69) is 5.32 Å². The van der Waals surface area contributed by atoms with E-state index in [9.17, 15) is 9.59 Å². The summed E-state index contributed by atoms with van der Waals surface area (Å²) in [6, 6.07) is 5.30. The normalized spacial score (nSPS) is 10.6. The van der Waals surface area contributed by atoms with Crippen LogP contribution in [-0.4, -0.2) is 41.5 Å². The second-order valence-corrected chi connectivity index (χ2v) is 5.04. The first kappa shape index (κ1) is 16.8. The van der Waals surface area contributed by atoms with Crippen LogP contribution in [0.3, 0.4) is 0 Å². The molecule has 1 amide bonds. The van der Waals surface area contributed by atoms with E-state index < -0.39 is 5.97 Å². The fourth-order valence-corrected chi connectivity index (χ4v) is 1.93. The molecule has 2 N–H and O–H groups in total. The van der Waals surface area contributed by atoms with Crippen LogP contribution in [0.2, 0.25) is 10.0 Å². The van der Waals surface area contributed by atoms with Gasteiger partial charge in [-0.15, -0.1) is 0 Å². The van der Waals surface area contributed by atoms with E-state index >= 15 is 0 Å². The SMILES string of the molecule is CCN(CC(=O)NCC(=O)O)Cc1ccc(Cl)c(Cl)c1. The van der Waals surface area contributed by atoms with Gasteiger partial charge in [0.1, 0.15) is 6.54 Å². The van der Waals surface area contributed by atoms with Crippen LogP contribution in [0.25, 0.3) is 0 Å². The molecule has 1 rings (SSSR count). The minimum absolute atomic E-state index is 0.129. The van der Waals surface area contributed by atoms with Crippen LogP contribution in [0.1, 0.15) is 12.5 Å². The molecular weight excluding hydrogens is 303 g/mol. The smallest absolute Gasteiger partial charge is 0.322 e. The Morgan fingerprint density at radius 1 is 1.30 bits per heavy atom. The van der Waals surface area contributed by atoms with Crippen molar-refractivity contribution in [3.8, 4) is 0 Å². The number of benzene rings is 1. The molecule has 110 valence electrons. The zero-order valence-electron chi connectivity index (χ0n) is 11.0. The standard InChI is InChI=1S/C13H16Cl2N2O3/c1-2-17(8-12(18)16-6-13(19)20)7-9-3-4-10(14)11(15)5-9/h3-5H,2,6-8H2,1H3,(H,16,18)(H,19,20). The van der Waals surface area contributed by atoms with E-state index in [-0.39, 0.29) is 19.0 Å². The van der Waals surface area contributed by atoms with E-state index in [0.29, 0.717) is 23.1 Å². The molecule has 20 heavy (non-hydrogen) atoms. The number of hydrogen-bond donors (Lipinski definition) is 2. The summed E-state index contributed by atoms with van der Waals surface area (Å²) >= 11 is 11.8. The summed E-state index contributed by atoms with van der Waals surface area (Å²) < 4.78 is 0. The molecule has 0 spiro atoms. The lowest BCUT2D eigenvalue weighted by Crippen LogP contribution is -2.38. The fourth-order valence-electron chi connectivity index (χ4n) is 1.61. The third kappa shape index (κ3) is 5.77. The third-order valence-electron chi connectivity index (χ3n) is 2.64. The highest BCUT2D eigenvalue weighted by atomic mass is 35.5. The Kier molecular flexibility index (Phi) is 6.78. The van der Waals surface area contributed by atoms with Gasteiger partial charge in [0.15, 0.2) is 0 Å². The second kappa shape index (κ2) is 8.09. The van der Waals surface area contributed by atoms with Crippen molar-refractivity contribution in [2.45, 2.75) is 13.5 Å². The Balaban J connectivity index is 2.56. The van der Waals surface area contributed by atoms with Crippen molar-refractivity contribution >= 4 is 35.1 Å². The van der Waals surface area contributed by atoms with Crippen LogP contribution >= 0.6 is 23.2 Å². The van der Waals surface area contributed by atoms with Crippen molar-refractivity contribution in [2.24, 2.45) is 0 Å². The molecular formula is C13H16Cl2N2O3. The van der Waals surface area contributed by atoms with Gasteiger partial charge in [-0.1, -0.05) is 36.2 Å². The van der Waals surface area contributed by atoms with Crippen LogP contribution in [0.4, 0.5) is 0 Å². The highest BCUT2D eigenvalue weighted by molar-refractivity contribution is 6.42. The predicted molar refractivity (Wildman–Crippen MR) is 78.1 cm³/mol. The minimum Gasteiger partial charge on any atom is -0.480 e. The average Bonchev–Trinajstić information content (AvgIpc) is 2.39. The molecule has 0 aliphatic heterocycles. The number of amides is 1. The van der Waals surface area contributed by atoms with Crippen molar-refractivity contribution in [3.05, 3.63) is 33.8 Å². The number of carbonyl (C=O) groups is 2. The molecule has 0 aliphatic carbocycles. The number of nitrogens with zero attached hydrogens (tertiary/aromatic N) is 1. The van der Waals surface area contributed by atoms with Crippen molar-refractivity contribution in [2.75, 3.05) is 19.6 Å². The number of carbonyl (C=O) groups excluding carboxylic acids is 1. The minimum atomic E-state index is -1.06. The largest absolute Gasteiger partial charge is 0.480 e. The van der Waals surface area contributed by atoms with E-state index in [1.807, 2.05) is 17.9 Å². The van der Waals surface area contributed by atoms with Gasteiger partial charge >= 0.3 is 5.97 Å². The molecule has 0 aromatic heterocycles. The molecule has 0 atom stereocenters. The number of aliphatic carboxylic acids is 1. The Morgan fingerprint density at radius 3 is 2.55 bits per heavy atom. The molecule has 1 aromatic rings. The number of nitrogens with one attached hydrogen (secondary N) is 1. The summed E-state index contributed by atoms with van der Waals surface area (Å²) in [5.74, 6) is -1.39. The quantitative estimate of drug-likeness (QED) is 0.807. The maximum absolute atomic E-state index is 11.6. The highest BCUT2D eigenvalue weighted by Crippen LogP contribution is 2.23. The molecule has 0 unspecified atom stereocenters. The summed E-state index contributed by atoms with van der Waals surface area (Å²) in [5.41, 5.74) is 0.937. The average molecular weight is 319 g/mol. The molecule has 0 aliphatic rings. The first-order valence-electron chi connectivity index (χ1n) is 6.07. The lowest BCUT2D eigenvalue weighted by atomic mass is 10.2. The molecule has 0 bridgehead atoms. The van der Waals surface area contributed by atoms with E-state index in [4.69, 9.17) is 28.3 Å². The van der Waals surface area contributed by atoms with Crippen molar-refractivity contribution in [1.82, 2.24) is 10.2 Å². The molecule has 5 nitrogen and oxygen atoms in total. The molecule has 1 aromatic carbocycles. The summed E-state index contributed by atoms with van der Waals surface area (Å²) in [4.78, 5) is 23.8. The maximum Gasteiger partial charge on any atom is 0.322 e. The third-order valence-corrected chi connectivity index (χ3v) is 3.38.